The summed E-state index contributed by atoms with van der Waals surface area (Å²) in [5.74, 6) is 2.11. The van der Waals surface area contributed by atoms with Crippen LogP contribution in [0.5, 0.6) is 17.2 Å². The van der Waals surface area contributed by atoms with E-state index in [1.54, 1.807) is 7.11 Å². The van der Waals surface area contributed by atoms with E-state index in [1.165, 1.54) is 11.3 Å². The number of aromatic nitrogens is 1. The predicted molar refractivity (Wildman–Crippen MR) is 104 cm³/mol. The van der Waals surface area contributed by atoms with Crippen molar-refractivity contribution in [1.82, 2.24) is 4.98 Å². The minimum absolute atomic E-state index is 0.105. The molecule has 27 heavy (non-hydrogen) atoms. The van der Waals surface area contributed by atoms with Crippen molar-refractivity contribution in [3.8, 4) is 28.5 Å². The van der Waals surface area contributed by atoms with Crippen molar-refractivity contribution >= 4 is 22.4 Å². The molecule has 1 N–H and O–H groups in total. The lowest BCUT2D eigenvalue weighted by molar-refractivity contribution is -0.115. The van der Waals surface area contributed by atoms with Gasteiger partial charge in [-0.1, -0.05) is 12.1 Å². The highest BCUT2D eigenvalue weighted by molar-refractivity contribution is 7.16. The number of anilines is 1. The van der Waals surface area contributed by atoms with E-state index in [4.69, 9.17) is 14.2 Å². The molecule has 2 aromatic carbocycles. The third-order valence-corrected chi connectivity index (χ3v) is 5.10. The topological polar surface area (TPSA) is 69.7 Å². The second kappa shape index (κ2) is 7.28. The van der Waals surface area contributed by atoms with Crippen LogP contribution in [-0.4, -0.2) is 24.8 Å². The predicted octanol–water partition coefficient (Wildman–Crippen LogP) is 4.04. The summed E-state index contributed by atoms with van der Waals surface area (Å²) in [6.07, 6.45) is 0.280. The van der Waals surface area contributed by atoms with Gasteiger partial charge in [0.2, 0.25) is 12.7 Å². The average Bonchev–Trinajstić information content (AvgIpc) is 3.27. The van der Waals surface area contributed by atoms with E-state index in [1.807, 2.05) is 49.4 Å². The first-order chi connectivity index (χ1) is 13.1. The van der Waals surface area contributed by atoms with Gasteiger partial charge in [0.1, 0.15) is 5.75 Å². The van der Waals surface area contributed by atoms with Crippen molar-refractivity contribution in [1.29, 1.82) is 0 Å². The number of benzene rings is 2. The summed E-state index contributed by atoms with van der Waals surface area (Å²) < 4.78 is 15.9. The zero-order valence-corrected chi connectivity index (χ0v) is 15.8. The minimum atomic E-state index is -0.105. The number of ether oxygens (including phenoxy) is 3. The van der Waals surface area contributed by atoms with Gasteiger partial charge in [-0.25, -0.2) is 4.98 Å². The fourth-order valence-corrected chi connectivity index (χ4v) is 3.71. The third kappa shape index (κ3) is 3.73. The van der Waals surface area contributed by atoms with Crippen LogP contribution in [0.1, 0.15) is 10.4 Å². The van der Waals surface area contributed by atoms with Crippen LogP contribution in [0, 0.1) is 6.92 Å². The van der Waals surface area contributed by atoms with Crippen LogP contribution in [0.2, 0.25) is 0 Å². The lowest BCUT2D eigenvalue weighted by Gasteiger charge is -2.04. The molecule has 0 bridgehead atoms. The fourth-order valence-electron chi connectivity index (χ4n) is 2.85. The molecule has 0 unspecified atom stereocenters. The first-order valence-corrected chi connectivity index (χ1v) is 9.24. The van der Waals surface area contributed by atoms with E-state index in [0.29, 0.717) is 10.9 Å². The summed E-state index contributed by atoms with van der Waals surface area (Å²) in [6.45, 7) is 2.22. The molecule has 1 aliphatic rings. The Morgan fingerprint density at radius 2 is 1.96 bits per heavy atom. The number of hydrogen-bond donors (Lipinski definition) is 1. The normalized spacial score (nSPS) is 12.1. The maximum atomic E-state index is 12.3. The van der Waals surface area contributed by atoms with Crippen molar-refractivity contribution in [3.05, 3.63) is 52.9 Å². The Labute approximate surface area is 160 Å². The van der Waals surface area contributed by atoms with Crippen LogP contribution in [0.15, 0.2) is 42.5 Å². The molecule has 3 aromatic rings. The van der Waals surface area contributed by atoms with E-state index in [0.717, 1.165) is 33.2 Å². The summed E-state index contributed by atoms with van der Waals surface area (Å²) in [5.41, 5.74) is 2.68. The second-order valence-corrected chi connectivity index (χ2v) is 7.27. The van der Waals surface area contributed by atoms with Crippen molar-refractivity contribution < 1.29 is 19.0 Å². The van der Waals surface area contributed by atoms with E-state index in [2.05, 4.69) is 10.3 Å². The summed E-state index contributed by atoms with van der Waals surface area (Å²) in [5, 5.41) is 3.47. The molecule has 0 fully saturated rings. The molecule has 1 amide bonds. The summed E-state index contributed by atoms with van der Waals surface area (Å²) in [4.78, 5) is 17.9. The zero-order chi connectivity index (χ0) is 18.8. The van der Waals surface area contributed by atoms with Crippen molar-refractivity contribution in [2.75, 3.05) is 19.2 Å². The summed E-state index contributed by atoms with van der Waals surface area (Å²) in [7, 11) is 1.62. The molecule has 0 saturated carbocycles. The number of fused-ring (bicyclic) bond motifs is 1. The lowest BCUT2D eigenvalue weighted by Crippen LogP contribution is -2.14. The number of thiazole rings is 1. The minimum Gasteiger partial charge on any atom is -0.497 e. The van der Waals surface area contributed by atoms with Crippen molar-refractivity contribution in [2.24, 2.45) is 0 Å². The number of nitrogens with one attached hydrogen (secondary N) is 1. The Kier molecular flexibility index (Phi) is 4.68. The van der Waals surface area contributed by atoms with Gasteiger partial charge in [-0.3, -0.25) is 4.79 Å². The fraction of sp³-hybridized carbons (Fsp3) is 0.200. The zero-order valence-electron chi connectivity index (χ0n) is 14.9. The molecule has 2 heterocycles. The Morgan fingerprint density at radius 3 is 2.74 bits per heavy atom. The largest absolute Gasteiger partial charge is 0.497 e. The molecule has 0 radical (unpaired) electrons. The highest BCUT2D eigenvalue weighted by Crippen LogP contribution is 2.38. The number of rotatable bonds is 5. The number of amides is 1. The first-order valence-electron chi connectivity index (χ1n) is 8.42. The second-order valence-electron chi connectivity index (χ2n) is 6.06. The number of carbonyl (C=O) groups excluding carboxylic acids is 1. The van der Waals surface area contributed by atoms with Crippen molar-refractivity contribution in [3.63, 3.8) is 0 Å². The molecule has 0 atom stereocenters. The quantitative estimate of drug-likeness (QED) is 0.721. The Morgan fingerprint density at radius 1 is 1.19 bits per heavy atom. The molecule has 1 aliphatic heterocycles. The molecule has 7 heteroatoms. The van der Waals surface area contributed by atoms with Gasteiger partial charge in [0, 0.05) is 10.4 Å². The van der Waals surface area contributed by atoms with Crippen LogP contribution in [0.4, 0.5) is 5.13 Å². The number of hydrogen-bond acceptors (Lipinski definition) is 6. The van der Waals surface area contributed by atoms with Gasteiger partial charge in [0.05, 0.1) is 19.2 Å². The number of aryl methyl sites for hydroxylation is 1. The molecular weight excluding hydrogens is 364 g/mol. The maximum absolute atomic E-state index is 12.3. The van der Waals surface area contributed by atoms with Crippen LogP contribution < -0.4 is 19.5 Å². The molecular formula is C20H18N2O4S. The van der Waals surface area contributed by atoms with E-state index < -0.39 is 0 Å². The Hall–Kier alpha value is -3.06. The molecule has 138 valence electrons. The summed E-state index contributed by atoms with van der Waals surface area (Å²) >= 11 is 1.45. The number of carbonyl (C=O) groups is 1. The standard InChI is InChI=1S/C20H18N2O4S/c1-12-19(14-5-8-16-17(10-14)26-11-25-16)22-20(27-12)21-18(23)9-13-3-6-15(24-2)7-4-13/h3-8,10H,9,11H2,1-2H3,(H,21,22,23). The van der Waals surface area contributed by atoms with Crippen LogP contribution in [0.3, 0.4) is 0 Å². The SMILES string of the molecule is COc1ccc(CC(=O)Nc2nc(-c3ccc4c(c3)OCO4)c(C)s2)cc1. The highest BCUT2D eigenvalue weighted by Gasteiger charge is 2.17. The molecule has 0 saturated heterocycles. The van der Waals surface area contributed by atoms with E-state index in [-0.39, 0.29) is 19.1 Å². The monoisotopic (exact) mass is 382 g/mol. The van der Waals surface area contributed by atoms with Gasteiger partial charge in [-0.15, -0.1) is 11.3 Å². The number of nitrogens with zero attached hydrogens (tertiary/aromatic N) is 1. The van der Waals surface area contributed by atoms with Gasteiger partial charge in [-0.2, -0.15) is 0 Å². The van der Waals surface area contributed by atoms with E-state index in [9.17, 15) is 4.79 Å². The van der Waals surface area contributed by atoms with Crippen LogP contribution in [-0.2, 0) is 11.2 Å². The maximum Gasteiger partial charge on any atom is 0.231 e. The van der Waals surface area contributed by atoms with Gasteiger partial charge in [-0.05, 0) is 42.8 Å². The highest BCUT2D eigenvalue weighted by atomic mass is 32.1. The lowest BCUT2D eigenvalue weighted by atomic mass is 10.1. The van der Waals surface area contributed by atoms with Crippen molar-refractivity contribution in [2.45, 2.75) is 13.3 Å². The first kappa shape index (κ1) is 17.4. The molecule has 0 spiro atoms. The van der Waals surface area contributed by atoms with Gasteiger partial charge in [0.25, 0.3) is 0 Å². The summed E-state index contributed by atoms with van der Waals surface area (Å²) in [6, 6.07) is 13.2. The Balaban J connectivity index is 1.47. The molecule has 4 rings (SSSR count). The average molecular weight is 382 g/mol. The van der Waals surface area contributed by atoms with Gasteiger partial charge < -0.3 is 19.5 Å². The number of methoxy groups -OCH3 is 1. The van der Waals surface area contributed by atoms with Gasteiger partial charge in [0.15, 0.2) is 16.6 Å². The van der Waals surface area contributed by atoms with E-state index >= 15 is 0 Å². The third-order valence-electron chi connectivity index (χ3n) is 4.21. The van der Waals surface area contributed by atoms with Gasteiger partial charge >= 0.3 is 0 Å². The van der Waals surface area contributed by atoms with Crippen LogP contribution >= 0.6 is 11.3 Å². The molecule has 6 nitrogen and oxygen atoms in total. The molecule has 0 aliphatic carbocycles. The van der Waals surface area contributed by atoms with Crippen LogP contribution in [0.25, 0.3) is 11.3 Å². The molecule has 1 aromatic heterocycles. The smallest absolute Gasteiger partial charge is 0.231 e. The Bertz CT molecular complexity index is 982.